The van der Waals surface area contributed by atoms with Crippen molar-refractivity contribution in [2.24, 2.45) is 0 Å². The lowest BCUT2D eigenvalue weighted by molar-refractivity contribution is -0.144. The fraction of sp³-hybridized carbons (Fsp3) is 0.667. The van der Waals surface area contributed by atoms with Crippen LogP contribution in [0.5, 0.6) is 0 Å². The molecular weight excluding hydrogens is 757 g/mol. The lowest BCUT2D eigenvalue weighted by Crippen LogP contribution is -2.71. The number of allylic oxidation sites excluding steroid dienone is 3. The molecule has 13 heteroatoms. The second kappa shape index (κ2) is 24.4. The smallest absolute Gasteiger partial charge is 0.376 e. The van der Waals surface area contributed by atoms with Gasteiger partial charge >= 0.3 is 5.79 Å². The third-order valence-corrected chi connectivity index (χ3v) is 12.1. The van der Waals surface area contributed by atoms with Crippen molar-refractivity contribution in [1.29, 1.82) is 0 Å². The highest BCUT2D eigenvalue weighted by molar-refractivity contribution is 8.03. The molecule has 1 saturated heterocycles. The maximum Gasteiger partial charge on any atom is 0.376 e. The summed E-state index contributed by atoms with van der Waals surface area (Å²) in [5, 5.41) is 25.1. The average Bonchev–Trinajstić information content (AvgIpc) is 3.36. The van der Waals surface area contributed by atoms with Crippen LogP contribution in [0.25, 0.3) is 0 Å². The number of unbranched alkanes of at least 4 members (excludes halogenated alkanes) is 7. The summed E-state index contributed by atoms with van der Waals surface area (Å²) in [5.74, 6) is -2.84. The van der Waals surface area contributed by atoms with E-state index < -0.39 is 16.7 Å². The first-order valence-corrected chi connectivity index (χ1v) is 22.2. The predicted molar refractivity (Wildman–Crippen MR) is 227 cm³/mol. The molecule has 55 heavy (non-hydrogen) atoms. The molecule has 1 aliphatic carbocycles. The molecule has 0 bridgehead atoms. The number of halogens is 2. The lowest BCUT2D eigenvalue weighted by atomic mass is 9.91. The van der Waals surface area contributed by atoms with Crippen LogP contribution in [-0.2, 0) is 19.1 Å². The van der Waals surface area contributed by atoms with Gasteiger partial charge in [-0.25, -0.2) is 0 Å². The number of anilines is 1. The quantitative estimate of drug-likeness (QED) is 0.0414. The number of carbonyl (C=O) groups excluding carboxylic acids is 3. The number of carbonyl (C=O) groups is 3. The highest BCUT2D eigenvalue weighted by Gasteiger charge is 2.74. The number of nitrogens with zero attached hydrogens (tertiary/aromatic N) is 2. The number of hydrazine groups is 1. The van der Waals surface area contributed by atoms with Crippen molar-refractivity contribution >= 4 is 58.4 Å². The zero-order chi connectivity index (χ0) is 40.3. The fourth-order valence-corrected chi connectivity index (χ4v) is 8.85. The molecule has 1 aromatic rings. The van der Waals surface area contributed by atoms with Crippen molar-refractivity contribution in [1.82, 2.24) is 21.1 Å². The molecule has 0 unspecified atom stereocenters. The maximum absolute atomic E-state index is 14.1. The van der Waals surface area contributed by atoms with Crippen LogP contribution in [0.3, 0.4) is 0 Å². The molecule has 0 saturated carbocycles. The molecule has 1 aromatic carbocycles. The number of nitrogens with one attached hydrogen (secondary N) is 3. The van der Waals surface area contributed by atoms with Crippen LogP contribution in [0, 0.1) is 5.25 Å². The van der Waals surface area contributed by atoms with Gasteiger partial charge in [0.1, 0.15) is 0 Å². The van der Waals surface area contributed by atoms with Gasteiger partial charge in [0, 0.05) is 30.9 Å². The Balaban J connectivity index is 2.30. The molecule has 4 N–H and O–H groups in total. The molecule has 0 aromatic heterocycles. The van der Waals surface area contributed by atoms with Crippen LogP contribution in [0.15, 0.2) is 42.5 Å². The van der Waals surface area contributed by atoms with Crippen LogP contribution >= 0.6 is 35.0 Å². The second-order valence-electron chi connectivity index (χ2n) is 14.7. The monoisotopic (exact) mass is 822 g/mol. The standard InChI is InChI=1S/C42H65Cl2N5O5S/c1-6-11-16-18-21-33(54-29-15-10-5)31-41(27-19-17-20-28-41)55-39-40(45-36(50)22-12-7-2)49(53)48(35-30-32(43)25-26-34(35)44)42(39,46-37(51)23-13-8-3)47-38(52)24-14-9-4/h17,19-20,25-27,30,33,40,53H,6-16,18,21-24,28-29,31H2,1-5H3,(H2-,45,46,47,50,51,52)/p+1/t33-,40+,41+/m1/s1. The predicted octanol–water partition coefficient (Wildman–Crippen LogP) is 10.4. The molecule has 308 valence electrons. The largest absolute Gasteiger partial charge is 0.378 e. The van der Waals surface area contributed by atoms with Crippen molar-refractivity contribution in [3.8, 4) is 0 Å². The van der Waals surface area contributed by atoms with Crippen LogP contribution in [0.1, 0.15) is 150 Å². The number of hydrogen-bond acceptors (Lipinski definition) is 8. The van der Waals surface area contributed by atoms with E-state index in [0.717, 1.165) is 69.4 Å². The molecule has 3 atom stereocenters. The summed E-state index contributed by atoms with van der Waals surface area (Å²) in [6, 6.07) is 4.81. The summed E-state index contributed by atoms with van der Waals surface area (Å²) in [6.07, 6.45) is 20.4. The van der Waals surface area contributed by atoms with E-state index in [-0.39, 0.29) is 53.8 Å². The Morgan fingerprint density at radius 2 is 1.49 bits per heavy atom. The van der Waals surface area contributed by atoms with Gasteiger partial charge in [-0.05, 0) is 68.3 Å². The van der Waals surface area contributed by atoms with Crippen LogP contribution in [-0.4, -0.2) is 57.5 Å². The maximum atomic E-state index is 14.1. The van der Waals surface area contributed by atoms with Crippen molar-refractivity contribution in [2.75, 3.05) is 11.6 Å². The zero-order valence-corrected chi connectivity index (χ0v) is 36.1. The fourth-order valence-electron chi connectivity index (χ4n) is 6.85. The molecule has 3 rings (SSSR count). The minimum Gasteiger partial charge on any atom is -0.378 e. The van der Waals surface area contributed by atoms with E-state index in [9.17, 15) is 19.6 Å². The van der Waals surface area contributed by atoms with E-state index in [1.807, 2.05) is 32.9 Å². The van der Waals surface area contributed by atoms with Gasteiger partial charge in [-0.15, -0.1) is 0 Å². The number of ether oxygens (including phenoxy) is 1. The van der Waals surface area contributed by atoms with Crippen LogP contribution in [0.4, 0.5) is 5.69 Å². The van der Waals surface area contributed by atoms with Gasteiger partial charge in [0.2, 0.25) is 17.7 Å². The number of rotatable bonds is 26. The Labute approximate surface area is 344 Å². The minimum atomic E-state index is -1.88. The van der Waals surface area contributed by atoms with E-state index in [1.165, 1.54) is 16.8 Å². The normalized spacial score (nSPS) is 19.8. The van der Waals surface area contributed by atoms with Crippen molar-refractivity contribution in [2.45, 2.75) is 173 Å². The minimum absolute atomic E-state index is 0.0666. The van der Waals surface area contributed by atoms with Gasteiger partial charge in [0.15, 0.2) is 0 Å². The Bertz CT molecular complexity index is 1390. The summed E-state index contributed by atoms with van der Waals surface area (Å²) in [6.45, 7) is 11.0. The van der Waals surface area contributed by atoms with Gasteiger partial charge in [-0.1, -0.05) is 133 Å². The van der Waals surface area contributed by atoms with Gasteiger partial charge < -0.3 is 4.74 Å². The van der Waals surface area contributed by atoms with Gasteiger partial charge in [-0.3, -0.25) is 35.5 Å². The summed E-state index contributed by atoms with van der Waals surface area (Å²) in [7, 11) is 0. The molecule has 0 radical (unpaired) electrons. The second-order valence-corrected chi connectivity index (χ2v) is 17.0. The molecule has 0 spiro atoms. The van der Waals surface area contributed by atoms with Crippen molar-refractivity contribution < 1.29 is 24.3 Å². The van der Waals surface area contributed by atoms with Crippen molar-refractivity contribution in [3.63, 3.8) is 0 Å². The Kier molecular flexibility index (Phi) is 20.8. The van der Waals surface area contributed by atoms with E-state index in [1.54, 1.807) is 18.2 Å². The molecule has 10 nitrogen and oxygen atoms in total. The van der Waals surface area contributed by atoms with E-state index in [0.29, 0.717) is 49.0 Å². The van der Waals surface area contributed by atoms with Crippen LogP contribution < -0.4 is 21.0 Å². The summed E-state index contributed by atoms with van der Waals surface area (Å²) in [4.78, 5) is 41.8. The first-order chi connectivity index (χ1) is 26.5. The molecule has 3 amide bonds. The number of thioether (sulfide) groups is 1. The van der Waals surface area contributed by atoms with Crippen LogP contribution in [0.2, 0.25) is 10.0 Å². The topological polar surface area (TPSA) is 123 Å². The van der Waals surface area contributed by atoms with E-state index in [2.05, 4.69) is 41.9 Å². The Morgan fingerprint density at radius 1 is 0.873 bits per heavy atom. The van der Waals surface area contributed by atoms with E-state index >= 15 is 0 Å². The van der Waals surface area contributed by atoms with E-state index in [4.69, 9.17) is 27.9 Å². The number of amides is 3. The first-order valence-electron chi connectivity index (χ1n) is 20.7. The summed E-state index contributed by atoms with van der Waals surface area (Å²) < 4.78 is 5.97. The third-order valence-electron chi connectivity index (χ3n) is 9.93. The molecule has 1 aliphatic heterocycles. The number of benzene rings is 1. The van der Waals surface area contributed by atoms with Gasteiger partial charge in [0.25, 0.3) is 11.4 Å². The molecule has 2 aliphatic rings. The van der Waals surface area contributed by atoms with Gasteiger partial charge in [0.05, 0.1) is 33.3 Å². The molecule has 1 heterocycles. The highest BCUT2D eigenvalue weighted by atomic mass is 35.5. The summed E-state index contributed by atoms with van der Waals surface area (Å²) in [5.41, 5.74) is 0.233. The SMILES string of the molecule is CCCCCC[C@H](C[C@]1(S[C+]2[C@@H](NC(=O)CCCC)N(O)N(c3cc(Cl)ccc3Cl)C2(NC(=O)CCCC)NC(=O)CCCC)C=CC=CC1)OCCCC. The first kappa shape index (κ1) is 47.0. The zero-order valence-electron chi connectivity index (χ0n) is 33.8. The molecule has 1 fully saturated rings. The lowest BCUT2D eigenvalue weighted by Gasteiger charge is -2.38. The highest BCUT2D eigenvalue weighted by Crippen LogP contribution is 2.54. The third kappa shape index (κ3) is 13.9. The number of hydroxylamine groups is 1. The van der Waals surface area contributed by atoms with Gasteiger partial charge in [-0.2, -0.15) is 5.01 Å². The Morgan fingerprint density at radius 3 is 2.07 bits per heavy atom. The number of hydrogen-bond donors (Lipinski definition) is 4. The van der Waals surface area contributed by atoms with Crippen molar-refractivity contribution in [3.05, 3.63) is 57.8 Å². The summed E-state index contributed by atoms with van der Waals surface area (Å²) >= 11 is 14.9. The molecular formula is C42H66Cl2N5O5S+. The average molecular weight is 824 g/mol. The Hall–Kier alpha value is -2.41.